The van der Waals surface area contributed by atoms with Crippen LogP contribution in [0.15, 0.2) is 32.0 Å². The highest BCUT2D eigenvalue weighted by molar-refractivity contribution is 9.10. The Balaban J connectivity index is 2.21. The molecule has 0 fully saturated rings. The maximum atomic E-state index is 11.3. The zero-order chi connectivity index (χ0) is 15.8. The third kappa shape index (κ3) is 3.65. The fraction of sp³-hybridized carbons (Fsp3) is 0.250. The van der Waals surface area contributed by atoms with E-state index in [0.29, 0.717) is 16.8 Å². The minimum Gasteiger partial charge on any atom is -0.486 e. The number of aryl methyl sites for hydroxylation is 2. The van der Waals surface area contributed by atoms with Crippen LogP contribution in [0.2, 0.25) is 0 Å². The number of nitrogens with zero attached hydrogens (tertiary/aromatic N) is 2. The van der Waals surface area contributed by atoms with Crippen LogP contribution in [0.5, 0.6) is 5.75 Å². The molecular formula is C12H13Br2N3O3S. The summed E-state index contributed by atoms with van der Waals surface area (Å²) in [6.07, 6.45) is 0. The van der Waals surface area contributed by atoms with Crippen molar-refractivity contribution >= 4 is 41.9 Å². The van der Waals surface area contributed by atoms with E-state index >= 15 is 0 Å². The monoisotopic (exact) mass is 437 g/mol. The van der Waals surface area contributed by atoms with Crippen LogP contribution in [0, 0.1) is 6.92 Å². The SMILES string of the molecule is Cc1nn(C)c(COc2ccc(S(N)(=O)=O)cc2Br)c1Br. The van der Waals surface area contributed by atoms with E-state index < -0.39 is 10.0 Å². The summed E-state index contributed by atoms with van der Waals surface area (Å²) in [7, 11) is -1.90. The Morgan fingerprint density at radius 1 is 1.38 bits per heavy atom. The van der Waals surface area contributed by atoms with Crippen molar-refractivity contribution in [2.75, 3.05) is 0 Å². The zero-order valence-corrected chi connectivity index (χ0v) is 15.3. The highest BCUT2D eigenvalue weighted by Crippen LogP contribution is 2.29. The second-order valence-electron chi connectivity index (χ2n) is 4.40. The average Bonchev–Trinajstić information content (AvgIpc) is 2.61. The number of aromatic nitrogens is 2. The predicted molar refractivity (Wildman–Crippen MR) is 85.5 cm³/mol. The van der Waals surface area contributed by atoms with Crippen molar-refractivity contribution in [3.8, 4) is 5.75 Å². The van der Waals surface area contributed by atoms with E-state index in [0.717, 1.165) is 15.9 Å². The molecule has 0 unspecified atom stereocenters. The maximum absolute atomic E-state index is 11.3. The van der Waals surface area contributed by atoms with Gasteiger partial charge in [-0.2, -0.15) is 5.10 Å². The molecule has 2 N–H and O–H groups in total. The molecule has 9 heteroatoms. The second kappa shape index (κ2) is 6.07. The lowest BCUT2D eigenvalue weighted by molar-refractivity contribution is 0.292. The van der Waals surface area contributed by atoms with Gasteiger partial charge in [0.2, 0.25) is 10.0 Å². The summed E-state index contributed by atoms with van der Waals surface area (Å²) in [6, 6.07) is 4.37. The predicted octanol–water partition coefficient (Wildman–Crippen LogP) is 2.48. The second-order valence-corrected chi connectivity index (χ2v) is 7.60. The minimum atomic E-state index is -3.73. The van der Waals surface area contributed by atoms with E-state index in [1.807, 2.05) is 14.0 Å². The van der Waals surface area contributed by atoms with Gasteiger partial charge in [0.1, 0.15) is 12.4 Å². The van der Waals surface area contributed by atoms with Crippen molar-refractivity contribution in [1.29, 1.82) is 0 Å². The number of halogens is 2. The quantitative estimate of drug-likeness (QED) is 0.794. The molecule has 1 aromatic heterocycles. The van der Waals surface area contributed by atoms with Crippen LogP contribution in [-0.2, 0) is 23.7 Å². The fourth-order valence-corrected chi connectivity index (χ4v) is 3.39. The molecule has 2 aromatic rings. The number of hydrogen-bond acceptors (Lipinski definition) is 4. The van der Waals surface area contributed by atoms with Crippen LogP contribution in [-0.4, -0.2) is 18.2 Å². The van der Waals surface area contributed by atoms with Crippen LogP contribution in [0.1, 0.15) is 11.4 Å². The molecule has 0 bridgehead atoms. The van der Waals surface area contributed by atoms with Crippen LogP contribution in [0.25, 0.3) is 0 Å². The lowest BCUT2D eigenvalue weighted by Gasteiger charge is -2.10. The maximum Gasteiger partial charge on any atom is 0.238 e. The lowest BCUT2D eigenvalue weighted by atomic mass is 10.3. The Labute approximate surface area is 139 Å². The van der Waals surface area contributed by atoms with E-state index in [4.69, 9.17) is 9.88 Å². The molecule has 2 rings (SSSR count). The molecule has 0 aliphatic heterocycles. The number of sulfonamides is 1. The first-order valence-corrected chi connectivity index (χ1v) is 8.96. The van der Waals surface area contributed by atoms with Crippen LogP contribution in [0.3, 0.4) is 0 Å². The van der Waals surface area contributed by atoms with Crippen molar-refractivity contribution in [2.24, 2.45) is 12.2 Å². The van der Waals surface area contributed by atoms with Crippen molar-refractivity contribution in [3.05, 3.63) is 38.5 Å². The van der Waals surface area contributed by atoms with Gasteiger partial charge in [0.15, 0.2) is 0 Å². The fourth-order valence-electron chi connectivity index (χ4n) is 1.76. The standard InChI is InChI=1S/C12H13Br2N3O3S/c1-7-12(14)10(17(2)16-7)6-20-11-4-3-8(5-9(11)13)21(15,18)19/h3-5H,6H2,1-2H3,(H2,15,18,19). The summed E-state index contributed by atoms with van der Waals surface area (Å²) >= 11 is 6.74. The van der Waals surface area contributed by atoms with Crippen LogP contribution in [0.4, 0.5) is 0 Å². The molecule has 21 heavy (non-hydrogen) atoms. The van der Waals surface area contributed by atoms with Crippen LogP contribution >= 0.6 is 31.9 Å². The molecule has 0 saturated carbocycles. The van der Waals surface area contributed by atoms with Gasteiger partial charge in [-0.3, -0.25) is 4.68 Å². The Hall–Kier alpha value is -0.900. The van der Waals surface area contributed by atoms with Gasteiger partial charge in [0, 0.05) is 7.05 Å². The Morgan fingerprint density at radius 3 is 2.52 bits per heavy atom. The topological polar surface area (TPSA) is 87.2 Å². The molecule has 1 aromatic carbocycles. The summed E-state index contributed by atoms with van der Waals surface area (Å²) in [5, 5.41) is 9.35. The Bertz CT molecular complexity index is 787. The zero-order valence-electron chi connectivity index (χ0n) is 11.3. The van der Waals surface area contributed by atoms with E-state index in [1.165, 1.54) is 12.1 Å². The first-order chi connectivity index (χ1) is 9.70. The van der Waals surface area contributed by atoms with E-state index in [-0.39, 0.29) is 4.90 Å². The largest absolute Gasteiger partial charge is 0.486 e. The molecule has 0 aliphatic rings. The summed E-state index contributed by atoms with van der Waals surface area (Å²) in [4.78, 5) is 0.0271. The molecule has 0 aliphatic carbocycles. The average molecular weight is 439 g/mol. The first-order valence-electron chi connectivity index (χ1n) is 5.83. The van der Waals surface area contributed by atoms with Gasteiger partial charge >= 0.3 is 0 Å². The summed E-state index contributed by atoms with van der Waals surface area (Å²) < 4.78 is 31.4. The highest BCUT2D eigenvalue weighted by atomic mass is 79.9. The summed E-state index contributed by atoms with van der Waals surface area (Å²) in [5.74, 6) is 0.521. The van der Waals surface area contributed by atoms with Gasteiger partial charge < -0.3 is 4.74 Å². The van der Waals surface area contributed by atoms with Crippen molar-refractivity contribution in [2.45, 2.75) is 18.4 Å². The number of nitrogens with two attached hydrogens (primary N) is 1. The minimum absolute atomic E-state index is 0.0271. The van der Waals surface area contributed by atoms with E-state index in [2.05, 4.69) is 37.0 Å². The van der Waals surface area contributed by atoms with E-state index in [1.54, 1.807) is 10.7 Å². The van der Waals surface area contributed by atoms with Crippen molar-refractivity contribution < 1.29 is 13.2 Å². The Morgan fingerprint density at radius 2 is 2.05 bits per heavy atom. The normalized spacial score (nSPS) is 11.7. The number of hydrogen-bond donors (Lipinski definition) is 1. The molecule has 0 amide bonds. The van der Waals surface area contributed by atoms with E-state index in [9.17, 15) is 8.42 Å². The highest BCUT2D eigenvalue weighted by Gasteiger charge is 2.14. The molecule has 0 radical (unpaired) electrons. The molecule has 1 heterocycles. The van der Waals surface area contributed by atoms with Gasteiger partial charge in [0.25, 0.3) is 0 Å². The number of benzene rings is 1. The van der Waals surface area contributed by atoms with Gasteiger partial charge in [-0.15, -0.1) is 0 Å². The van der Waals surface area contributed by atoms with Gasteiger partial charge in [0.05, 0.1) is 25.2 Å². The van der Waals surface area contributed by atoms with Crippen molar-refractivity contribution in [3.63, 3.8) is 0 Å². The number of primary sulfonamides is 1. The molecule has 6 nitrogen and oxygen atoms in total. The molecule has 0 spiro atoms. The number of ether oxygens (including phenoxy) is 1. The number of rotatable bonds is 4. The molecular weight excluding hydrogens is 426 g/mol. The van der Waals surface area contributed by atoms with Crippen LogP contribution < -0.4 is 9.88 Å². The smallest absolute Gasteiger partial charge is 0.238 e. The summed E-state index contributed by atoms with van der Waals surface area (Å²) in [6.45, 7) is 2.19. The first kappa shape index (κ1) is 16.5. The third-order valence-electron chi connectivity index (χ3n) is 2.86. The van der Waals surface area contributed by atoms with Gasteiger partial charge in [-0.1, -0.05) is 0 Å². The third-order valence-corrected chi connectivity index (χ3v) is 5.42. The Kier molecular flexibility index (Phi) is 4.76. The van der Waals surface area contributed by atoms with Gasteiger partial charge in [-0.25, -0.2) is 13.6 Å². The summed E-state index contributed by atoms with van der Waals surface area (Å²) in [5.41, 5.74) is 1.76. The molecule has 114 valence electrons. The van der Waals surface area contributed by atoms with Crippen molar-refractivity contribution in [1.82, 2.24) is 9.78 Å². The lowest BCUT2D eigenvalue weighted by Crippen LogP contribution is -2.12. The molecule has 0 atom stereocenters. The van der Waals surface area contributed by atoms with Gasteiger partial charge in [-0.05, 0) is 57.0 Å². The molecule has 0 saturated heterocycles.